The van der Waals surface area contributed by atoms with Gasteiger partial charge >= 0.3 is 0 Å². The van der Waals surface area contributed by atoms with Gasteiger partial charge in [0.15, 0.2) is 0 Å². The lowest BCUT2D eigenvalue weighted by Crippen LogP contribution is -2.46. The van der Waals surface area contributed by atoms with Crippen LogP contribution in [-0.4, -0.2) is 29.6 Å². The van der Waals surface area contributed by atoms with Crippen LogP contribution in [0.1, 0.15) is 51.8 Å². The fraction of sp³-hybridized carbons (Fsp3) is 0.750. The first-order chi connectivity index (χ1) is 9.58. The third-order valence-corrected chi connectivity index (χ3v) is 4.82. The van der Waals surface area contributed by atoms with Crippen LogP contribution in [0.15, 0.2) is 6.07 Å². The molecule has 4 nitrogen and oxygen atoms in total. The van der Waals surface area contributed by atoms with E-state index in [2.05, 4.69) is 42.0 Å². The quantitative estimate of drug-likeness (QED) is 0.918. The molecule has 3 unspecified atom stereocenters. The Labute approximate surface area is 122 Å². The van der Waals surface area contributed by atoms with Gasteiger partial charge in [0.2, 0.25) is 0 Å². The Morgan fingerprint density at radius 1 is 1.20 bits per heavy atom. The van der Waals surface area contributed by atoms with Crippen LogP contribution >= 0.6 is 0 Å². The van der Waals surface area contributed by atoms with Crippen molar-refractivity contribution < 1.29 is 0 Å². The van der Waals surface area contributed by atoms with Gasteiger partial charge in [-0.3, -0.25) is 0 Å². The number of rotatable bonds is 3. The van der Waals surface area contributed by atoms with Gasteiger partial charge in [0.1, 0.15) is 17.5 Å². The molecule has 0 bridgehead atoms. The average molecular weight is 274 g/mol. The predicted octanol–water partition coefficient (Wildman–Crippen LogP) is 3.27. The fourth-order valence-corrected chi connectivity index (χ4v) is 3.27. The SMILES string of the molecule is CNc1cc(N2CC(C)CC(C)C2C)nc(C2CC2)n1. The van der Waals surface area contributed by atoms with E-state index in [4.69, 9.17) is 4.98 Å². The van der Waals surface area contributed by atoms with Gasteiger partial charge in [-0.25, -0.2) is 9.97 Å². The van der Waals surface area contributed by atoms with E-state index in [1.54, 1.807) is 0 Å². The zero-order valence-corrected chi connectivity index (χ0v) is 13.1. The van der Waals surface area contributed by atoms with Gasteiger partial charge in [-0.1, -0.05) is 13.8 Å². The molecule has 3 rings (SSSR count). The van der Waals surface area contributed by atoms with Crippen LogP contribution in [0.25, 0.3) is 0 Å². The molecular weight excluding hydrogens is 248 g/mol. The second-order valence-electron chi connectivity index (χ2n) is 6.70. The molecule has 1 N–H and O–H groups in total. The molecule has 20 heavy (non-hydrogen) atoms. The van der Waals surface area contributed by atoms with E-state index in [0.717, 1.165) is 35.8 Å². The van der Waals surface area contributed by atoms with Crippen LogP contribution < -0.4 is 10.2 Å². The minimum Gasteiger partial charge on any atom is -0.373 e. The molecule has 2 fully saturated rings. The Balaban J connectivity index is 1.93. The summed E-state index contributed by atoms with van der Waals surface area (Å²) in [6.45, 7) is 8.14. The Kier molecular flexibility index (Phi) is 3.57. The molecule has 110 valence electrons. The Morgan fingerprint density at radius 3 is 2.60 bits per heavy atom. The number of hydrogen-bond donors (Lipinski definition) is 1. The van der Waals surface area contributed by atoms with E-state index in [0.29, 0.717) is 12.0 Å². The lowest BCUT2D eigenvalue weighted by molar-refractivity contribution is 0.295. The molecule has 1 saturated carbocycles. The Hall–Kier alpha value is -1.32. The second kappa shape index (κ2) is 5.23. The minimum absolute atomic E-state index is 0.554. The predicted molar refractivity (Wildman–Crippen MR) is 83.3 cm³/mol. The smallest absolute Gasteiger partial charge is 0.136 e. The van der Waals surface area contributed by atoms with Crippen molar-refractivity contribution in [3.63, 3.8) is 0 Å². The molecule has 4 heteroatoms. The highest BCUT2D eigenvalue weighted by Crippen LogP contribution is 2.40. The topological polar surface area (TPSA) is 41.0 Å². The number of nitrogens with zero attached hydrogens (tertiary/aromatic N) is 3. The molecule has 1 saturated heterocycles. The van der Waals surface area contributed by atoms with E-state index in [9.17, 15) is 0 Å². The van der Waals surface area contributed by atoms with Gasteiger partial charge in [-0.05, 0) is 38.0 Å². The molecule has 0 radical (unpaired) electrons. The van der Waals surface area contributed by atoms with Crippen LogP contribution in [0.3, 0.4) is 0 Å². The normalized spacial score (nSPS) is 30.4. The van der Waals surface area contributed by atoms with Gasteiger partial charge < -0.3 is 10.2 Å². The summed E-state index contributed by atoms with van der Waals surface area (Å²) in [5.41, 5.74) is 0. The zero-order valence-electron chi connectivity index (χ0n) is 13.1. The molecule has 1 aromatic rings. The number of anilines is 2. The van der Waals surface area contributed by atoms with E-state index < -0.39 is 0 Å². The van der Waals surface area contributed by atoms with Gasteiger partial charge in [0.25, 0.3) is 0 Å². The number of hydrogen-bond acceptors (Lipinski definition) is 4. The van der Waals surface area contributed by atoms with E-state index >= 15 is 0 Å². The standard InChI is InChI=1S/C16H26N4/c1-10-7-11(2)12(3)20(9-10)15-8-14(17-4)18-16(19-15)13-5-6-13/h8,10-13H,5-7,9H2,1-4H3,(H,17,18,19). The first-order valence-corrected chi connectivity index (χ1v) is 7.92. The van der Waals surface area contributed by atoms with Crippen molar-refractivity contribution >= 4 is 11.6 Å². The largest absolute Gasteiger partial charge is 0.373 e. The first kappa shape index (κ1) is 13.7. The Morgan fingerprint density at radius 2 is 1.95 bits per heavy atom. The Bertz CT molecular complexity index is 483. The van der Waals surface area contributed by atoms with Crippen molar-refractivity contribution in [1.29, 1.82) is 0 Å². The number of piperidine rings is 1. The molecule has 0 aromatic carbocycles. The molecule has 0 amide bonds. The maximum absolute atomic E-state index is 4.86. The summed E-state index contributed by atoms with van der Waals surface area (Å²) >= 11 is 0. The number of nitrogens with one attached hydrogen (secondary N) is 1. The highest BCUT2D eigenvalue weighted by Gasteiger charge is 2.32. The van der Waals surface area contributed by atoms with E-state index in [1.165, 1.54) is 19.3 Å². The first-order valence-electron chi connectivity index (χ1n) is 7.92. The summed E-state index contributed by atoms with van der Waals surface area (Å²) in [4.78, 5) is 12.0. The van der Waals surface area contributed by atoms with Gasteiger partial charge in [-0.2, -0.15) is 0 Å². The molecular formula is C16H26N4. The van der Waals surface area contributed by atoms with Gasteiger partial charge in [0, 0.05) is 31.6 Å². The van der Waals surface area contributed by atoms with Crippen LogP contribution in [0.4, 0.5) is 11.6 Å². The van der Waals surface area contributed by atoms with E-state index in [1.807, 2.05) is 7.05 Å². The van der Waals surface area contributed by atoms with E-state index in [-0.39, 0.29) is 0 Å². The fourth-order valence-electron chi connectivity index (χ4n) is 3.27. The number of aromatic nitrogens is 2. The summed E-state index contributed by atoms with van der Waals surface area (Å²) in [7, 11) is 1.94. The monoisotopic (exact) mass is 274 g/mol. The third kappa shape index (κ3) is 2.60. The second-order valence-corrected chi connectivity index (χ2v) is 6.70. The van der Waals surface area contributed by atoms with Gasteiger partial charge in [-0.15, -0.1) is 0 Å². The van der Waals surface area contributed by atoms with Crippen molar-refractivity contribution in [2.45, 2.75) is 52.0 Å². The molecule has 1 aliphatic carbocycles. The summed E-state index contributed by atoms with van der Waals surface area (Å²) in [6, 6.07) is 2.66. The van der Waals surface area contributed by atoms with Crippen LogP contribution in [0, 0.1) is 11.8 Å². The maximum Gasteiger partial charge on any atom is 0.136 e. The van der Waals surface area contributed by atoms with Crippen molar-refractivity contribution in [2.75, 3.05) is 23.8 Å². The summed E-state index contributed by atoms with van der Waals surface area (Å²) in [5.74, 6) is 5.14. The summed E-state index contributed by atoms with van der Waals surface area (Å²) in [5, 5.41) is 3.19. The van der Waals surface area contributed by atoms with Crippen LogP contribution in [0.2, 0.25) is 0 Å². The zero-order chi connectivity index (χ0) is 14.3. The van der Waals surface area contributed by atoms with Gasteiger partial charge in [0.05, 0.1) is 0 Å². The summed E-state index contributed by atoms with van der Waals surface area (Å²) < 4.78 is 0. The highest BCUT2D eigenvalue weighted by molar-refractivity contribution is 5.51. The molecule has 0 spiro atoms. The molecule has 1 aromatic heterocycles. The molecule has 3 atom stereocenters. The molecule has 2 aliphatic rings. The van der Waals surface area contributed by atoms with Crippen LogP contribution in [0.5, 0.6) is 0 Å². The lowest BCUT2D eigenvalue weighted by Gasteiger charge is -2.42. The van der Waals surface area contributed by atoms with Crippen molar-refractivity contribution in [3.8, 4) is 0 Å². The molecule has 1 aliphatic heterocycles. The van der Waals surface area contributed by atoms with Crippen LogP contribution in [-0.2, 0) is 0 Å². The van der Waals surface area contributed by atoms with Crippen molar-refractivity contribution in [3.05, 3.63) is 11.9 Å². The minimum atomic E-state index is 0.554. The third-order valence-electron chi connectivity index (χ3n) is 4.82. The van der Waals surface area contributed by atoms with Crippen molar-refractivity contribution in [1.82, 2.24) is 9.97 Å². The lowest BCUT2D eigenvalue weighted by atomic mass is 9.86. The summed E-state index contributed by atoms with van der Waals surface area (Å²) in [6.07, 6.45) is 3.81. The maximum atomic E-state index is 4.86. The average Bonchev–Trinajstić information content (AvgIpc) is 3.26. The highest BCUT2D eigenvalue weighted by atomic mass is 15.2. The molecule has 2 heterocycles. The van der Waals surface area contributed by atoms with Crippen molar-refractivity contribution in [2.24, 2.45) is 11.8 Å².